The highest BCUT2D eigenvalue weighted by atomic mass is 35.5. The topological polar surface area (TPSA) is 39.9 Å². The van der Waals surface area contributed by atoms with Crippen molar-refractivity contribution in [3.8, 4) is 0 Å². The molecule has 106 valence electrons. The summed E-state index contributed by atoms with van der Waals surface area (Å²) < 4.78 is 8.22. The summed E-state index contributed by atoms with van der Waals surface area (Å²) in [5.74, 6) is 1.63. The van der Waals surface area contributed by atoms with Gasteiger partial charge in [0.25, 0.3) is 0 Å². The first kappa shape index (κ1) is 12.6. The molecule has 1 saturated carbocycles. The first-order valence-electron chi connectivity index (χ1n) is 7.34. The molecule has 3 heterocycles. The van der Waals surface area contributed by atoms with Crippen molar-refractivity contribution >= 4 is 22.8 Å². The van der Waals surface area contributed by atoms with Crippen molar-refractivity contribution in [1.82, 2.24) is 14.5 Å². The molecular formula is C15H18ClN3O. The Bertz CT molecular complexity index is 635. The van der Waals surface area contributed by atoms with Crippen LogP contribution >= 0.6 is 11.6 Å². The molecule has 0 amide bonds. The highest BCUT2D eigenvalue weighted by Crippen LogP contribution is 2.45. The van der Waals surface area contributed by atoms with Gasteiger partial charge in [-0.1, -0.05) is 0 Å². The van der Waals surface area contributed by atoms with Gasteiger partial charge in [-0.25, -0.2) is 9.97 Å². The van der Waals surface area contributed by atoms with Crippen molar-refractivity contribution < 1.29 is 4.74 Å². The number of alkyl halides is 1. The number of imidazole rings is 1. The van der Waals surface area contributed by atoms with Crippen LogP contribution < -0.4 is 0 Å². The monoisotopic (exact) mass is 291 g/mol. The molecule has 0 spiro atoms. The maximum absolute atomic E-state index is 6.35. The summed E-state index contributed by atoms with van der Waals surface area (Å²) >= 11 is 6.35. The van der Waals surface area contributed by atoms with Gasteiger partial charge in [0.1, 0.15) is 11.3 Å². The van der Waals surface area contributed by atoms with Gasteiger partial charge in [0.05, 0.1) is 17.5 Å². The average molecular weight is 292 g/mol. The van der Waals surface area contributed by atoms with E-state index < -0.39 is 0 Å². The summed E-state index contributed by atoms with van der Waals surface area (Å²) in [6.45, 7) is 2.80. The van der Waals surface area contributed by atoms with Gasteiger partial charge in [0, 0.05) is 12.8 Å². The van der Waals surface area contributed by atoms with Crippen molar-refractivity contribution in [3.05, 3.63) is 24.2 Å². The number of hydrogen-bond acceptors (Lipinski definition) is 3. The maximum Gasteiger partial charge on any atom is 0.160 e. The van der Waals surface area contributed by atoms with Gasteiger partial charge in [-0.2, -0.15) is 0 Å². The highest BCUT2D eigenvalue weighted by Gasteiger charge is 2.43. The van der Waals surface area contributed by atoms with Crippen LogP contribution in [0, 0.1) is 5.92 Å². The Morgan fingerprint density at radius 2 is 2.25 bits per heavy atom. The van der Waals surface area contributed by atoms with Crippen LogP contribution in [0.15, 0.2) is 18.3 Å². The van der Waals surface area contributed by atoms with Gasteiger partial charge >= 0.3 is 0 Å². The summed E-state index contributed by atoms with van der Waals surface area (Å²) in [7, 11) is 0. The highest BCUT2D eigenvalue weighted by molar-refractivity contribution is 6.20. The fraction of sp³-hybridized carbons (Fsp3) is 0.600. The molecule has 1 aliphatic heterocycles. The van der Waals surface area contributed by atoms with Gasteiger partial charge in [-0.05, 0) is 44.2 Å². The van der Waals surface area contributed by atoms with Crippen LogP contribution in [0.2, 0.25) is 0 Å². The number of nitrogens with zero attached hydrogens (tertiary/aromatic N) is 3. The summed E-state index contributed by atoms with van der Waals surface area (Å²) in [6, 6.07) is 4.26. The van der Waals surface area contributed by atoms with Crippen LogP contribution in [-0.2, 0) is 4.74 Å². The predicted octanol–water partition coefficient (Wildman–Crippen LogP) is 3.47. The molecule has 0 aromatic carbocycles. The Morgan fingerprint density at radius 1 is 1.40 bits per heavy atom. The lowest BCUT2D eigenvalue weighted by molar-refractivity contribution is 0.0752. The molecule has 3 unspecified atom stereocenters. The molecular weight excluding hydrogens is 274 g/mol. The summed E-state index contributed by atoms with van der Waals surface area (Å²) in [4.78, 5) is 9.21. The second kappa shape index (κ2) is 4.71. The maximum atomic E-state index is 6.35. The minimum Gasteiger partial charge on any atom is -0.376 e. The molecule has 2 aliphatic rings. The van der Waals surface area contributed by atoms with Crippen molar-refractivity contribution in [3.63, 3.8) is 0 Å². The zero-order valence-electron chi connectivity index (χ0n) is 11.5. The smallest absolute Gasteiger partial charge is 0.160 e. The molecule has 0 N–H and O–H groups in total. The normalized spacial score (nSPS) is 28.1. The van der Waals surface area contributed by atoms with Crippen LogP contribution in [-0.4, -0.2) is 27.2 Å². The summed E-state index contributed by atoms with van der Waals surface area (Å²) in [5.41, 5.74) is 1.87. The van der Waals surface area contributed by atoms with E-state index in [9.17, 15) is 0 Å². The van der Waals surface area contributed by atoms with E-state index in [1.165, 1.54) is 12.8 Å². The van der Waals surface area contributed by atoms with E-state index in [1.54, 1.807) is 0 Å². The number of ether oxygens (including phenoxy) is 1. The van der Waals surface area contributed by atoms with E-state index in [0.29, 0.717) is 18.1 Å². The third-order valence-corrected chi connectivity index (χ3v) is 4.55. The van der Waals surface area contributed by atoms with Gasteiger partial charge in [0.15, 0.2) is 5.65 Å². The molecule has 20 heavy (non-hydrogen) atoms. The fourth-order valence-electron chi connectivity index (χ4n) is 3.31. The largest absolute Gasteiger partial charge is 0.376 e. The quantitative estimate of drug-likeness (QED) is 0.813. The lowest BCUT2D eigenvalue weighted by Crippen LogP contribution is -2.24. The Hall–Kier alpha value is -1.13. The van der Waals surface area contributed by atoms with E-state index >= 15 is 0 Å². The lowest BCUT2D eigenvalue weighted by Gasteiger charge is -2.22. The first-order valence-corrected chi connectivity index (χ1v) is 7.78. The molecule has 1 aliphatic carbocycles. The van der Waals surface area contributed by atoms with Crippen LogP contribution in [0.4, 0.5) is 0 Å². The molecule has 4 rings (SSSR count). The zero-order valence-corrected chi connectivity index (χ0v) is 12.3. The molecule has 1 saturated heterocycles. The second-order valence-electron chi connectivity index (χ2n) is 5.83. The summed E-state index contributed by atoms with van der Waals surface area (Å²) in [5, 5.41) is -0.121. The summed E-state index contributed by atoms with van der Waals surface area (Å²) in [6.07, 6.45) is 5.73. The minimum absolute atomic E-state index is 0.121. The van der Waals surface area contributed by atoms with Gasteiger partial charge in [-0.15, -0.1) is 11.6 Å². The van der Waals surface area contributed by atoms with Crippen molar-refractivity contribution in [1.29, 1.82) is 0 Å². The number of halogens is 1. The molecule has 0 bridgehead atoms. The average Bonchev–Trinajstić information content (AvgIpc) is 3.04. The number of rotatable bonds is 3. The van der Waals surface area contributed by atoms with Crippen LogP contribution in [0.3, 0.4) is 0 Å². The van der Waals surface area contributed by atoms with E-state index in [4.69, 9.17) is 16.3 Å². The third-order valence-electron chi connectivity index (χ3n) is 4.35. The van der Waals surface area contributed by atoms with Gasteiger partial charge in [0.2, 0.25) is 0 Å². The van der Waals surface area contributed by atoms with Crippen LogP contribution in [0.1, 0.15) is 43.4 Å². The first-order chi connectivity index (χ1) is 9.75. The molecule has 5 heteroatoms. The van der Waals surface area contributed by atoms with E-state index in [-0.39, 0.29) is 5.38 Å². The molecule has 2 aromatic heterocycles. The van der Waals surface area contributed by atoms with Crippen LogP contribution in [0.5, 0.6) is 0 Å². The molecule has 4 nitrogen and oxygen atoms in total. The van der Waals surface area contributed by atoms with Crippen molar-refractivity contribution in [2.45, 2.75) is 43.7 Å². The number of pyridine rings is 1. The molecule has 3 atom stereocenters. The van der Waals surface area contributed by atoms with Crippen molar-refractivity contribution in [2.24, 2.45) is 5.92 Å². The fourth-order valence-corrected chi connectivity index (χ4v) is 3.46. The Kier molecular flexibility index (Phi) is 2.97. The number of fused-ring (bicyclic) bond motifs is 1. The third kappa shape index (κ3) is 1.93. The molecule has 2 fully saturated rings. The Labute approximate surface area is 123 Å². The Balaban J connectivity index is 1.86. The standard InChI is InChI=1S/C15H18ClN3O/c1-9(16)14-18-11-3-2-7-17-15(11)19(14)12-6-8-20-13(12)10-4-5-10/h2-3,7,9-10,12-13H,4-6,8H2,1H3. The molecule has 0 radical (unpaired) electrons. The lowest BCUT2D eigenvalue weighted by atomic mass is 10.1. The van der Waals surface area contributed by atoms with E-state index in [2.05, 4.69) is 14.5 Å². The van der Waals surface area contributed by atoms with Crippen LogP contribution in [0.25, 0.3) is 11.2 Å². The number of aromatic nitrogens is 3. The second-order valence-corrected chi connectivity index (χ2v) is 6.49. The predicted molar refractivity (Wildman–Crippen MR) is 77.9 cm³/mol. The minimum atomic E-state index is -0.121. The van der Waals surface area contributed by atoms with Gasteiger partial charge < -0.3 is 9.30 Å². The SMILES string of the molecule is CC(Cl)c1nc2cccnc2n1C1CCOC1C1CC1. The van der Waals surface area contributed by atoms with E-state index in [1.807, 2.05) is 25.3 Å². The van der Waals surface area contributed by atoms with E-state index in [0.717, 1.165) is 30.0 Å². The number of hydrogen-bond donors (Lipinski definition) is 0. The Morgan fingerprint density at radius 3 is 3.00 bits per heavy atom. The van der Waals surface area contributed by atoms with Crippen molar-refractivity contribution in [2.75, 3.05) is 6.61 Å². The van der Waals surface area contributed by atoms with Gasteiger partial charge in [-0.3, -0.25) is 0 Å². The molecule has 2 aromatic rings. The zero-order chi connectivity index (χ0) is 13.7.